The lowest BCUT2D eigenvalue weighted by molar-refractivity contribution is -0.140. The Labute approximate surface area is 157 Å². The summed E-state index contributed by atoms with van der Waals surface area (Å²) in [7, 11) is 1.38. The van der Waals surface area contributed by atoms with Gasteiger partial charge in [-0.15, -0.1) is 11.3 Å². The lowest BCUT2D eigenvalue weighted by atomic mass is 10.1. The van der Waals surface area contributed by atoms with E-state index in [4.69, 9.17) is 16.2 Å². The van der Waals surface area contributed by atoms with Crippen molar-refractivity contribution in [2.75, 3.05) is 7.11 Å². The molecule has 0 aliphatic heterocycles. The molecule has 1 unspecified atom stereocenters. The van der Waals surface area contributed by atoms with Gasteiger partial charge in [-0.25, -0.2) is 9.97 Å². The van der Waals surface area contributed by atoms with Crippen LogP contribution >= 0.6 is 11.3 Å². The summed E-state index contributed by atoms with van der Waals surface area (Å²) in [5.74, 6) is 0.243. The Morgan fingerprint density at radius 3 is 2.44 bits per heavy atom. The molecule has 0 bridgehead atoms. The van der Waals surface area contributed by atoms with Crippen LogP contribution in [0.5, 0.6) is 5.75 Å². The van der Waals surface area contributed by atoms with E-state index in [9.17, 15) is 13.2 Å². The van der Waals surface area contributed by atoms with Crippen molar-refractivity contribution >= 4 is 27.9 Å². The average molecular weight is 394 g/mol. The van der Waals surface area contributed by atoms with Crippen molar-refractivity contribution in [2.45, 2.75) is 19.1 Å². The Balaban J connectivity index is 2.27. The van der Waals surface area contributed by atoms with Crippen LogP contribution in [-0.4, -0.2) is 17.1 Å². The fourth-order valence-corrected chi connectivity index (χ4v) is 3.78. The molecular weight excluding hydrogens is 377 g/mol. The second-order valence-corrected chi connectivity index (χ2v) is 6.95. The van der Waals surface area contributed by atoms with Gasteiger partial charge in [-0.2, -0.15) is 13.2 Å². The highest BCUT2D eigenvalue weighted by molar-refractivity contribution is 7.16. The number of halogens is 3. The van der Waals surface area contributed by atoms with Gasteiger partial charge >= 0.3 is 6.18 Å². The molecule has 4 N–H and O–H groups in total. The molecule has 0 spiro atoms. The Kier molecular flexibility index (Phi) is 4.83. The number of ether oxygens (including phenoxy) is 1. The molecule has 0 saturated carbocycles. The fraction of sp³-hybridized carbons (Fsp3) is 0.222. The van der Waals surface area contributed by atoms with Crippen LogP contribution < -0.4 is 16.2 Å². The van der Waals surface area contributed by atoms with Gasteiger partial charge in [0.25, 0.3) is 0 Å². The minimum Gasteiger partial charge on any atom is -0.494 e. The van der Waals surface area contributed by atoms with Crippen molar-refractivity contribution in [1.29, 1.82) is 0 Å². The minimum atomic E-state index is -4.55. The molecule has 5 nitrogen and oxygen atoms in total. The van der Waals surface area contributed by atoms with Gasteiger partial charge in [0.1, 0.15) is 22.0 Å². The van der Waals surface area contributed by atoms with Crippen LogP contribution in [0.1, 0.15) is 29.2 Å². The summed E-state index contributed by atoms with van der Waals surface area (Å²) in [6.07, 6.45) is -4.55. The summed E-state index contributed by atoms with van der Waals surface area (Å²) in [4.78, 5) is 8.96. The summed E-state index contributed by atoms with van der Waals surface area (Å²) >= 11 is 1.28. The van der Waals surface area contributed by atoms with Crippen molar-refractivity contribution < 1.29 is 17.9 Å². The smallest absolute Gasteiger partial charge is 0.433 e. The van der Waals surface area contributed by atoms with Crippen LogP contribution in [-0.2, 0) is 6.18 Å². The number of thiazole rings is 1. The van der Waals surface area contributed by atoms with Gasteiger partial charge < -0.3 is 16.2 Å². The highest BCUT2D eigenvalue weighted by Gasteiger charge is 2.33. The number of rotatable bonds is 4. The van der Waals surface area contributed by atoms with E-state index in [1.165, 1.54) is 24.5 Å². The van der Waals surface area contributed by atoms with Gasteiger partial charge in [-0.05, 0) is 31.2 Å². The predicted octanol–water partition coefficient (Wildman–Crippen LogP) is 4.33. The fourth-order valence-electron chi connectivity index (χ4n) is 2.69. The van der Waals surface area contributed by atoms with Crippen LogP contribution in [0, 0.1) is 0 Å². The topological polar surface area (TPSA) is 87.0 Å². The minimum absolute atomic E-state index is 0.107. The van der Waals surface area contributed by atoms with Crippen LogP contribution in [0.25, 0.3) is 27.2 Å². The molecule has 0 saturated heterocycles. The number of methoxy groups -OCH3 is 1. The maximum Gasteiger partial charge on any atom is 0.433 e. The zero-order valence-corrected chi connectivity index (χ0v) is 15.4. The Morgan fingerprint density at radius 2 is 1.93 bits per heavy atom. The molecule has 1 atom stereocenters. The van der Waals surface area contributed by atoms with Gasteiger partial charge in [0.05, 0.1) is 17.7 Å². The first kappa shape index (κ1) is 19.1. The van der Waals surface area contributed by atoms with E-state index in [1.54, 1.807) is 19.1 Å². The first-order valence-corrected chi connectivity index (χ1v) is 8.71. The number of hydrogen-bond donors (Lipinski definition) is 2. The molecule has 9 heteroatoms. The third-order valence-electron chi connectivity index (χ3n) is 3.94. The van der Waals surface area contributed by atoms with Crippen LogP contribution in [0.3, 0.4) is 0 Å². The zero-order chi connectivity index (χ0) is 19.9. The largest absolute Gasteiger partial charge is 0.494 e. The van der Waals surface area contributed by atoms with Crippen LogP contribution in [0.4, 0.5) is 13.2 Å². The van der Waals surface area contributed by atoms with Crippen LogP contribution in [0.15, 0.2) is 30.8 Å². The number of nitrogens with zero attached hydrogens (tertiary/aromatic N) is 2. The van der Waals surface area contributed by atoms with Crippen molar-refractivity contribution in [3.05, 3.63) is 47.1 Å². The molecule has 0 radical (unpaired) electrons. The molecule has 0 aliphatic carbocycles. The van der Waals surface area contributed by atoms with Gasteiger partial charge in [0.15, 0.2) is 0 Å². The van der Waals surface area contributed by atoms with E-state index in [0.717, 1.165) is 6.07 Å². The molecule has 2 aromatic heterocycles. The number of pyridine rings is 1. The molecule has 0 amide bonds. The highest BCUT2D eigenvalue weighted by Crippen LogP contribution is 2.39. The summed E-state index contributed by atoms with van der Waals surface area (Å²) in [5, 5.41) is 1.06. The molecule has 0 fully saturated rings. The van der Waals surface area contributed by atoms with E-state index >= 15 is 0 Å². The van der Waals surface area contributed by atoms with E-state index < -0.39 is 11.9 Å². The zero-order valence-electron chi connectivity index (χ0n) is 14.6. The molecular formula is C18H17F3N4OS. The summed E-state index contributed by atoms with van der Waals surface area (Å²) < 4.78 is 44.4. The van der Waals surface area contributed by atoms with Gasteiger partial charge in [0, 0.05) is 22.7 Å². The lowest BCUT2D eigenvalue weighted by Gasteiger charge is -2.11. The Bertz CT molecular complexity index is 1030. The first-order valence-electron chi connectivity index (χ1n) is 7.89. The number of alkyl halides is 3. The van der Waals surface area contributed by atoms with Crippen molar-refractivity contribution in [1.82, 2.24) is 9.97 Å². The maximum absolute atomic E-state index is 13.1. The number of aromatic nitrogens is 2. The third-order valence-corrected chi connectivity index (χ3v) is 5.12. The molecule has 142 valence electrons. The normalized spacial score (nSPS) is 13.0. The van der Waals surface area contributed by atoms with Crippen molar-refractivity contribution in [3.63, 3.8) is 0 Å². The molecule has 2 heterocycles. The Morgan fingerprint density at radius 1 is 1.22 bits per heavy atom. The second kappa shape index (κ2) is 6.82. The molecule has 3 aromatic rings. The van der Waals surface area contributed by atoms with Gasteiger partial charge in [-0.3, -0.25) is 0 Å². The van der Waals surface area contributed by atoms with E-state index in [-0.39, 0.29) is 17.3 Å². The molecule has 0 aliphatic rings. The van der Waals surface area contributed by atoms with E-state index in [1.807, 2.05) is 0 Å². The van der Waals surface area contributed by atoms with Crippen molar-refractivity contribution in [2.24, 2.45) is 11.5 Å². The number of hydrogen-bond acceptors (Lipinski definition) is 6. The number of fused-ring (bicyclic) bond motifs is 1. The second-order valence-electron chi connectivity index (χ2n) is 5.95. The summed E-state index contributed by atoms with van der Waals surface area (Å²) in [6, 6.07) is 5.23. The monoisotopic (exact) mass is 394 g/mol. The predicted molar refractivity (Wildman–Crippen MR) is 100 cm³/mol. The van der Waals surface area contributed by atoms with E-state index in [2.05, 4.69) is 16.5 Å². The maximum atomic E-state index is 13.1. The van der Waals surface area contributed by atoms with Crippen molar-refractivity contribution in [3.8, 4) is 16.3 Å². The average Bonchev–Trinajstić information content (AvgIpc) is 3.05. The van der Waals surface area contributed by atoms with E-state index in [0.29, 0.717) is 32.2 Å². The summed E-state index contributed by atoms with van der Waals surface area (Å²) in [5.41, 5.74) is 12.5. The number of benzene rings is 1. The van der Waals surface area contributed by atoms with Gasteiger partial charge in [0.2, 0.25) is 0 Å². The molecule has 27 heavy (non-hydrogen) atoms. The standard InChI is InChI=1S/C18H17F3N4OS/c1-8(22)14-16(9(2)23)27-17(25-14)11-4-6-12(26-3)15-10(11)5-7-13(24-15)18(19,20)21/h4-8H,2,22-23H2,1,3H3. The van der Waals surface area contributed by atoms with Gasteiger partial charge in [-0.1, -0.05) is 6.58 Å². The SMILES string of the molecule is C=C(N)c1sc(-c2ccc(OC)c3nc(C(F)(F)F)ccc23)nc1C(C)N. The molecule has 3 rings (SSSR count). The third kappa shape index (κ3) is 3.47. The molecule has 1 aromatic carbocycles. The lowest BCUT2D eigenvalue weighted by Crippen LogP contribution is -2.09. The highest BCUT2D eigenvalue weighted by atomic mass is 32.1. The Hall–Kier alpha value is -2.65. The summed E-state index contributed by atoms with van der Waals surface area (Å²) in [6.45, 7) is 5.51. The van der Waals surface area contributed by atoms with Crippen LogP contribution in [0.2, 0.25) is 0 Å². The number of nitrogens with two attached hydrogens (primary N) is 2. The quantitative estimate of drug-likeness (QED) is 0.688. The first-order chi connectivity index (χ1) is 12.6.